The van der Waals surface area contributed by atoms with Gasteiger partial charge in [-0.3, -0.25) is 4.79 Å². The van der Waals surface area contributed by atoms with Gasteiger partial charge in [0.2, 0.25) is 0 Å². The highest BCUT2D eigenvalue weighted by atomic mass is 16.5. The van der Waals surface area contributed by atoms with Crippen LogP contribution in [-0.2, 0) is 20.9 Å². The first-order valence-corrected chi connectivity index (χ1v) is 15.9. The Morgan fingerprint density at radius 3 is 2.33 bits per heavy atom. The van der Waals surface area contributed by atoms with Gasteiger partial charge in [-0.2, -0.15) is 0 Å². The zero-order valence-corrected chi connectivity index (χ0v) is 26.3. The summed E-state index contributed by atoms with van der Waals surface area (Å²) >= 11 is 0. The molecule has 234 valence electrons. The minimum Gasteiger partial charge on any atom is -0.493 e. The van der Waals surface area contributed by atoms with Crippen LogP contribution in [0.3, 0.4) is 0 Å². The molecule has 1 N–H and O–H groups in total. The summed E-state index contributed by atoms with van der Waals surface area (Å²) in [4.78, 5) is 28.3. The second kappa shape index (κ2) is 13.6. The van der Waals surface area contributed by atoms with Crippen LogP contribution in [0.4, 0.5) is 0 Å². The first kappa shape index (κ1) is 30.5. The molecule has 3 aliphatic rings. The first-order chi connectivity index (χ1) is 22.0. The van der Waals surface area contributed by atoms with E-state index >= 15 is 0 Å². The Balaban J connectivity index is 1.38. The lowest BCUT2D eigenvalue weighted by Gasteiger charge is -2.37. The van der Waals surface area contributed by atoms with E-state index in [2.05, 4.69) is 5.32 Å². The van der Waals surface area contributed by atoms with Crippen molar-refractivity contribution >= 4 is 11.8 Å². The molecular weight excluding hydrogens is 566 g/mol. The molecule has 0 amide bonds. The molecule has 7 nitrogen and oxygen atoms in total. The number of allylic oxidation sites excluding steroid dienone is 3. The summed E-state index contributed by atoms with van der Waals surface area (Å²) in [5.74, 6) is 0.889. The minimum absolute atomic E-state index is 0.00173. The van der Waals surface area contributed by atoms with Gasteiger partial charge in [0.25, 0.3) is 0 Å². The highest BCUT2D eigenvalue weighted by Gasteiger charge is 2.43. The number of carbonyl (C=O) groups excluding carboxylic acids is 2. The number of ketones is 1. The van der Waals surface area contributed by atoms with Crippen LogP contribution in [0.1, 0.15) is 80.4 Å². The third-order valence-corrected chi connectivity index (χ3v) is 9.22. The Bertz CT molecular complexity index is 1620. The minimum atomic E-state index is -0.608. The summed E-state index contributed by atoms with van der Waals surface area (Å²) in [6.07, 6.45) is 5.82. The lowest BCUT2D eigenvalue weighted by molar-refractivity contribution is -0.146. The Morgan fingerprint density at radius 1 is 0.844 bits per heavy atom. The third-order valence-electron chi connectivity index (χ3n) is 9.22. The fourth-order valence-corrected chi connectivity index (χ4v) is 6.95. The predicted octanol–water partition coefficient (Wildman–Crippen LogP) is 7.52. The van der Waals surface area contributed by atoms with E-state index in [-0.39, 0.29) is 23.8 Å². The van der Waals surface area contributed by atoms with E-state index in [1.165, 1.54) is 0 Å². The number of benzene rings is 3. The number of methoxy groups -OCH3 is 2. The molecule has 3 aromatic rings. The molecule has 0 radical (unpaired) electrons. The molecule has 1 saturated carbocycles. The second-order valence-electron chi connectivity index (χ2n) is 12.1. The zero-order valence-electron chi connectivity index (χ0n) is 26.3. The molecule has 2 aliphatic carbocycles. The summed E-state index contributed by atoms with van der Waals surface area (Å²) in [6, 6.07) is 23.5. The van der Waals surface area contributed by atoms with Crippen molar-refractivity contribution < 1.29 is 28.5 Å². The zero-order chi connectivity index (χ0) is 31.3. The quantitative estimate of drug-likeness (QED) is 0.252. The predicted molar refractivity (Wildman–Crippen MR) is 172 cm³/mol. The van der Waals surface area contributed by atoms with Crippen LogP contribution in [0, 0.1) is 0 Å². The number of hydrogen-bond acceptors (Lipinski definition) is 7. The van der Waals surface area contributed by atoms with E-state index in [1.807, 2.05) is 79.7 Å². The Hall–Kier alpha value is -4.52. The summed E-state index contributed by atoms with van der Waals surface area (Å²) in [7, 11) is 3.22. The molecule has 45 heavy (non-hydrogen) atoms. The first-order valence-electron chi connectivity index (χ1n) is 15.9. The van der Waals surface area contributed by atoms with Crippen LogP contribution < -0.4 is 19.5 Å². The van der Waals surface area contributed by atoms with Crippen molar-refractivity contribution in [1.82, 2.24) is 5.32 Å². The SMILES string of the molecule is COc1ccc([C@H]2CC(=O)C3=C(C2)NC(C)=C(C(=O)OC2CCCCC2)[C@H]3c2ccccc2OCc2ccccc2)cc1OC. The number of Topliss-reactive ketones (excluding diaryl/α,β-unsaturated/α-hetero) is 1. The standard InChI is InChI=1S/C38H41NO6/c1-24-35(38(41)45-28-14-8-5-9-15-28)36(29-16-10-11-17-32(29)44-23-25-12-6-4-7-13-25)37-30(39-24)20-27(21-31(37)40)26-18-19-33(42-2)34(22-26)43-3/h4,6-7,10-13,16-19,22,27-28,36,39H,5,8-9,14-15,20-21,23H2,1-3H3/t27-,36-/m1/s1. The Labute approximate surface area is 265 Å². The maximum Gasteiger partial charge on any atom is 0.337 e. The molecular formula is C38H41NO6. The highest BCUT2D eigenvalue weighted by molar-refractivity contribution is 6.04. The fourth-order valence-electron chi connectivity index (χ4n) is 6.95. The highest BCUT2D eigenvalue weighted by Crippen LogP contribution is 2.48. The van der Waals surface area contributed by atoms with Crippen molar-refractivity contribution in [3.63, 3.8) is 0 Å². The van der Waals surface area contributed by atoms with Crippen molar-refractivity contribution in [1.29, 1.82) is 0 Å². The van der Waals surface area contributed by atoms with Crippen molar-refractivity contribution in [3.8, 4) is 17.2 Å². The van der Waals surface area contributed by atoms with Gasteiger partial charge in [0, 0.05) is 29.0 Å². The van der Waals surface area contributed by atoms with Crippen LogP contribution >= 0.6 is 0 Å². The van der Waals surface area contributed by atoms with Crippen molar-refractivity contribution in [2.24, 2.45) is 0 Å². The number of ether oxygens (including phenoxy) is 4. The summed E-state index contributed by atoms with van der Waals surface area (Å²) in [5.41, 5.74) is 5.46. The monoisotopic (exact) mass is 607 g/mol. The summed E-state index contributed by atoms with van der Waals surface area (Å²) in [5, 5.41) is 3.49. The van der Waals surface area contributed by atoms with Crippen LogP contribution in [0.25, 0.3) is 0 Å². The van der Waals surface area contributed by atoms with Crippen molar-refractivity contribution in [2.75, 3.05) is 14.2 Å². The van der Waals surface area contributed by atoms with Crippen molar-refractivity contribution in [2.45, 2.75) is 76.4 Å². The summed E-state index contributed by atoms with van der Waals surface area (Å²) < 4.78 is 23.5. The van der Waals surface area contributed by atoms with E-state index < -0.39 is 5.92 Å². The van der Waals surface area contributed by atoms with Gasteiger partial charge in [0.1, 0.15) is 18.5 Å². The van der Waals surface area contributed by atoms with Gasteiger partial charge in [-0.25, -0.2) is 4.79 Å². The van der Waals surface area contributed by atoms with E-state index in [0.29, 0.717) is 53.5 Å². The molecule has 0 saturated heterocycles. The number of hydrogen-bond donors (Lipinski definition) is 1. The van der Waals surface area contributed by atoms with E-state index in [1.54, 1.807) is 14.2 Å². The smallest absolute Gasteiger partial charge is 0.337 e. The molecule has 1 fully saturated rings. The number of rotatable bonds is 9. The van der Waals surface area contributed by atoms with Crippen LogP contribution in [0.5, 0.6) is 17.2 Å². The van der Waals surface area contributed by atoms with Gasteiger partial charge in [-0.1, -0.05) is 61.0 Å². The molecule has 7 heteroatoms. The molecule has 0 aromatic heterocycles. The Morgan fingerprint density at radius 2 is 1.58 bits per heavy atom. The molecule has 1 aliphatic heterocycles. The number of esters is 1. The fraction of sp³-hybridized carbons (Fsp3) is 0.368. The van der Waals surface area contributed by atoms with E-state index in [0.717, 1.165) is 54.5 Å². The largest absolute Gasteiger partial charge is 0.493 e. The lowest BCUT2D eigenvalue weighted by Crippen LogP contribution is -2.37. The number of nitrogens with one attached hydrogen (secondary N) is 1. The maximum absolute atomic E-state index is 14.3. The molecule has 0 bridgehead atoms. The van der Waals surface area contributed by atoms with Crippen LogP contribution in [0.2, 0.25) is 0 Å². The van der Waals surface area contributed by atoms with Crippen LogP contribution in [0.15, 0.2) is 95.3 Å². The van der Waals surface area contributed by atoms with Gasteiger partial charge >= 0.3 is 5.97 Å². The van der Waals surface area contributed by atoms with Gasteiger partial charge in [-0.05, 0) is 74.3 Å². The second-order valence-corrected chi connectivity index (χ2v) is 12.1. The van der Waals surface area contributed by atoms with Gasteiger partial charge in [-0.15, -0.1) is 0 Å². The normalized spacial score (nSPS) is 20.3. The lowest BCUT2D eigenvalue weighted by atomic mass is 9.71. The van der Waals surface area contributed by atoms with Crippen molar-refractivity contribution in [3.05, 3.63) is 112 Å². The summed E-state index contributed by atoms with van der Waals surface area (Å²) in [6.45, 7) is 2.28. The maximum atomic E-state index is 14.3. The molecule has 3 aromatic carbocycles. The number of carbonyl (C=O) groups is 2. The number of para-hydroxylation sites is 1. The number of dihydropyridines is 1. The molecule has 0 unspecified atom stereocenters. The van der Waals surface area contributed by atoms with Gasteiger partial charge < -0.3 is 24.3 Å². The van der Waals surface area contributed by atoms with E-state index in [9.17, 15) is 9.59 Å². The molecule has 1 heterocycles. The Kier molecular flexibility index (Phi) is 9.24. The topological polar surface area (TPSA) is 83.1 Å². The molecule has 2 atom stereocenters. The van der Waals surface area contributed by atoms with E-state index in [4.69, 9.17) is 18.9 Å². The third kappa shape index (κ3) is 6.48. The van der Waals surface area contributed by atoms with Gasteiger partial charge in [0.05, 0.1) is 25.7 Å². The molecule has 0 spiro atoms. The average Bonchev–Trinajstić information content (AvgIpc) is 3.07. The average molecular weight is 608 g/mol. The molecule has 6 rings (SSSR count). The van der Waals surface area contributed by atoms with Crippen LogP contribution in [-0.4, -0.2) is 32.1 Å². The van der Waals surface area contributed by atoms with Gasteiger partial charge in [0.15, 0.2) is 17.3 Å².